The van der Waals surface area contributed by atoms with Crippen LogP contribution in [0, 0.1) is 0 Å². The molecule has 0 saturated carbocycles. The van der Waals surface area contributed by atoms with Gasteiger partial charge in [0.05, 0.1) is 0 Å². The zero-order valence-electron chi connectivity index (χ0n) is 26.8. The Morgan fingerprint density at radius 1 is 0.265 bits per heavy atom. The third-order valence-corrected chi connectivity index (χ3v) is 10.2. The summed E-state index contributed by atoms with van der Waals surface area (Å²) in [5.41, 5.74) is 8.44. The molecule has 0 N–H and O–H groups in total. The van der Waals surface area contributed by atoms with E-state index in [0.717, 1.165) is 17.1 Å². The number of nitrogens with zero attached hydrogens (tertiary/aromatic N) is 1. The maximum Gasteiger partial charge on any atom is 0.0462 e. The Hall–Kier alpha value is -6.44. The summed E-state index contributed by atoms with van der Waals surface area (Å²) in [5, 5.41) is 12.9. The van der Waals surface area contributed by atoms with Gasteiger partial charge in [-0.05, 0) is 113 Å². The minimum atomic E-state index is 1.13. The van der Waals surface area contributed by atoms with E-state index in [1.54, 1.807) is 0 Å². The minimum absolute atomic E-state index is 1.13. The highest BCUT2D eigenvalue weighted by Gasteiger charge is 2.20. The van der Waals surface area contributed by atoms with Gasteiger partial charge < -0.3 is 4.90 Å². The molecule has 0 aromatic heterocycles. The standard InChI is InChI=1S/C48H31N/c1-3-14-36(15-4-1)49(37-16-5-2-6-17-37)38-28-24-34(25-29-38)46-39-18-7-9-20-41(39)48(42-21-10-8-19-40(42)46)44-31-27-35-23-22-32-12-11-13-33-26-30-43(44)47(35)45(32)33/h1-31H. The van der Waals surface area contributed by atoms with Gasteiger partial charge in [-0.3, -0.25) is 0 Å². The van der Waals surface area contributed by atoms with Crippen LogP contribution in [0.4, 0.5) is 17.1 Å². The fourth-order valence-electron chi connectivity index (χ4n) is 8.06. The largest absolute Gasteiger partial charge is 0.311 e. The third kappa shape index (κ3) is 4.33. The molecule has 0 unspecified atom stereocenters. The summed E-state index contributed by atoms with van der Waals surface area (Å²) in [6.07, 6.45) is 0. The zero-order chi connectivity index (χ0) is 32.3. The first-order valence-electron chi connectivity index (χ1n) is 16.9. The number of anilines is 3. The molecule has 0 aliphatic rings. The quantitative estimate of drug-likeness (QED) is 0.136. The van der Waals surface area contributed by atoms with E-state index in [-0.39, 0.29) is 0 Å². The van der Waals surface area contributed by atoms with E-state index in [1.165, 1.54) is 76.1 Å². The fourth-order valence-corrected chi connectivity index (χ4v) is 8.06. The molecule has 0 bridgehead atoms. The van der Waals surface area contributed by atoms with Gasteiger partial charge in [-0.25, -0.2) is 0 Å². The first-order chi connectivity index (χ1) is 24.3. The van der Waals surface area contributed by atoms with Gasteiger partial charge in [0, 0.05) is 17.1 Å². The second-order valence-corrected chi connectivity index (χ2v) is 12.9. The Morgan fingerprint density at radius 3 is 1.29 bits per heavy atom. The lowest BCUT2D eigenvalue weighted by Crippen LogP contribution is -2.09. The molecule has 10 aromatic rings. The number of para-hydroxylation sites is 2. The SMILES string of the molecule is c1ccc(N(c2ccccc2)c2ccc(-c3c4ccccc4c(-c4ccc5ccc6cccc7ccc4c5c67)c4ccccc34)cc2)cc1. The molecule has 1 nitrogen and oxygen atoms in total. The summed E-state index contributed by atoms with van der Waals surface area (Å²) in [6, 6.07) is 68.6. The normalized spacial score (nSPS) is 11.7. The summed E-state index contributed by atoms with van der Waals surface area (Å²) >= 11 is 0. The van der Waals surface area contributed by atoms with E-state index in [1.807, 2.05) is 0 Å². The van der Waals surface area contributed by atoms with Crippen LogP contribution in [0.5, 0.6) is 0 Å². The number of hydrogen-bond acceptors (Lipinski definition) is 1. The lowest BCUT2D eigenvalue weighted by atomic mass is 9.83. The molecule has 228 valence electrons. The Morgan fingerprint density at radius 2 is 0.714 bits per heavy atom. The third-order valence-electron chi connectivity index (χ3n) is 10.2. The van der Waals surface area contributed by atoms with Crippen LogP contribution in [0.25, 0.3) is 76.1 Å². The second kappa shape index (κ2) is 11.1. The number of fused-ring (bicyclic) bond motifs is 2. The summed E-state index contributed by atoms with van der Waals surface area (Å²) in [6.45, 7) is 0. The predicted octanol–water partition coefficient (Wildman–Crippen LogP) is 13.7. The average molecular weight is 622 g/mol. The van der Waals surface area contributed by atoms with Crippen LogP contribution < -0.4 is 4.90 Å². The molecule has 0 amide bonds. The van der Waals surface area contributed by atoms with Gasteiger partial charge in [0.2, 0.25) is 0 Å². The molecule has 0 aliphatic carbocycles. The molecule has 0 spiro atoms. The van der Waals surface area contributed by atoms with E-state index >= 15 is 0 Å². The van der Waals surface area contributed by atoms with Crippen molar-refractivity contribution in [3.05, 3.63) is 188 Å². The van der Waals surface area contributed by atoms with Crippen LogP contribution >= 0.6 is 0 Å². The van der Waals surface area contributed by atoms with Crippen molar-refractivity contribution < 1.29 is 0 Å². The molecule has 0 heterocycles. The van der Waals surface area contributed by atoms with Crippen molar-refractivity contribution in [2.45, 2.75) is 0 Å². The Kier molecular flexibility index (Phi) is 6.25. The summed E-state index contributed by atoms with van der Waals surface area (Å²) in [5.74, 6) is 0. The van der Waals surface area contributed by atoms with E-state index in [9.17, 15) is 0 Å². The molecule has 0 radical (unpaired) electrons. The fraction of sp³-hybridized carbons (Fsp3) is 0. The minimum Gasteiger partial charge on any atom is -0.311 e. The van der Waals surface area contributed by atoms with E-state index in [2.05, 4.69) is 193 Å². The smallest absolute Gasteiger partial charge is 0.0462 e. The van der Waals surface area contributed by atoms with Crippen LogP contribution in [0.15, 0.2) is 188 Å². The maximum absolute atomic E-state index is 2.34. The maximum atomic E-state index is 2.34. The van der Waals surface area contributed by atoms with Crippen molar-refractivity contribution in [3.8, 4) is 22.3 Å². The van der Waals surface area contributed by atoms with Gasteiger partial charge in [0.1, 0.15) is 0 Å². The number of benzene rings is 10. The van der Waals surface area contributed by atoms with Gasteiger partial charge in [-0.1, -0.05) is 152 Å². The summed E-state index contributed by atoms with van der Waals surface area (Å²) in [7, 11) is 0. The average Bonchev–Trinajstić information content (AvgIpc) is 3.17. The highest BCUT2D eigenvalue weighted by molar-refractivity contribution is 6.29. The molecule has 10 aromatic carbocycles. The molecule has 0 saturated heterocycles. The van der Waals surface area contributed by atoms with Gasteiger partial charge >= 0.3 is 0 Å². The van der Waals surface area contributed by atoms with Crippen LogP contribution in [0.2, 0.25) is 0 Å². The molecule has 10 rings (SSSR count). The first-order valence-corrected chi connectivity index (χ1v) is 16.9. The second-order valence-electron chi connectivity index (χ2n) is 12.9. The van der Waals surface area contributed by atoms with Crippen molar-refractivity contribution in [1.29, 1.82) is 0 Å². The topological polar surface area (TPSA) is 3.24 Å². The lowest BCUT2D eigenvalue weighted by Gasteiger charge is -2.26. The number of hydrogen-bond donors (Lipinski definition) is 0. The van der Waals surface area contributed by atoms with Crippen LogP contribution in [-0.4, -0.2) is 0 Å². The van der Waals surface area contributed by atoms with Crippen molar-refractivity contribution in [2.24, 2.45) is 0 Å². The van der Waals surface area contributed by atoms with E-state index in [4.69, 9.17) is 0 Å². The molecule has 0 atom stereocenters. The molecule has 49 heavy (non-hydrogen) atoms. The van der Waals surface area contributed by atoms with Gasteiger partial charge in [0.25, 0.3) is 0 Å². The molecule has 0 aliphatic heterocycles. The van der Waals surface area contributed by atoms with E-state index < -0.39 is 0 Å². The van der Waals surface area contributed by atoms with Gasteiger partial charge in [-0.15, -0.1) is 0 Å². The molecule has 0 fully saturated rings. The van der Waals surface area contributed by atoms with Crippen molar-refractivity contribution in [2.75, 3.05) is 4.90 Å². The summed E-state index contributed by atoms with van der Waals surface area (Å²) < 4.78 is 0. The van der Waals surface area contributed by atoms with Crippen LogP contribution in [0.1, 0.15) is 0 Å². The van der Waals surface area contributed by atoms with Crippen LogP contribution in [-0.2, 0) is 0 Å². The monoisotopic (exact) mass is 621 g/mol. The van der Waals surface area contributed by atoms with Gasteiger partial charge in [0.15, 0.2) is 0 Å². The number of rotatable bonds is 5. The van der Waals surface area contributed by atoms with Crippen LogP contribution in [0.3, 0.4) is 0 Å². The highest BCUT2D eigenvalue weighted by atomic mass is 15.1. The zero-order valence-corrected chi connectivity index (χ0v) is 26.8. The molecule has 1 heteroatoms. The predicted molar refractivity (Wildman–Crippen MR) is 211 cm³/mol. The Labute approximate surface area is 285 Å². The first kappa shape index (κ1) is 27.7. The Balaban J connectivity index is 1.20. The Bertz CT molecular complexity index is 2690. The van der Waals surface area contributed by atoms with Gasteiger partial charge in [-0.2, -0.15) is 0 Å². The summed E-state index contributed by atoms with van der Waals surface area (Å²) in [4.78, 5) is 2.32. The van der Waals surface area contributed by atoms with Crippen molar-refractivity contribution in [1.82, 2.24) is 0 Å². The molecular weight excluding hydrogens is 591 g/mol. The lowest BCUT2D eigenvalue weighted by molar-refractivity contribution is 1.28. The van der Waals surface area contributed by atoms with Crippen molar-refractivity contribution in [3.63, 3.8) is 0 Å². The highest BCUT2D eigenvalue weighted by Crippen LogP contribution is 2.47. The van der Waals surface area contributed by atoms with E-state index in [0.29, 0.717) is 0 Å². The van der Waals surface area contributed by atoms with Crippen molar-refractivity contribution >= 4 is 70.9 Å². The molecular formula is C48H31N.